The maximum absolute atomic E-state index is 6.40. The van der Waals surface area contributed by atoms with Crippen molar-refractivity contribution in [3.8, 4) is 0 Å². The summed E-state index contributed by atoms with van der Waals surface area (Å²) in [6, 6.07) is 14.8. The van der Waals surface area contributed by atoms with E-state index in [1.807, 2.05) is 13.0 Å². The number of ether oxygens (including phenoxy) is 2. The van der Waals surface area contributed by atoms with Gasteiger partial charge in [0, 0.05) is 31.4 Å². The molecule has 1 aromatic carbocycles. The molecule has 1 unspecified atom stereocenters. The number of aromatic nitrogens is 1. The molecule has 0 aliphatic carbocycles. The normalized spacial score (nSPS) is 21.9. The molecule has 2 aromatic rings. The molecule has 1 aromatic heterocycles. The fraction of sp³-hybridized carbons (Fsp3) is 0.381. The second-order valence-corrected chi connectivity index (χ2v) is 6.96. The van der Waals surface area contributed by atoms with Gasteiger partial charge in [-0.2, -0.15) is 0 Å². The van der Waals surface area contributed by atoms with Crippen LogP contribution in [0.4, 0.5) is 0 Å². The summed E-state index contributed by atoms with van der Waals surface area (Å²) in [5.41, 5.74) is 3.16. The molecule has 4 heteroatoms. The predicted molar refractivity (Wildman–Crippen MR) is 96.6 cm³/mol. The van der Waals surface area contributed by atoms with Crippen molar-refractivity contribution in [3.63, 3.8) is 0 Å². The molecule has 4 nitrogen and oxygen atoms in total. The minimum Gasteiger partial charge on any atom is -0.464 e. The lowest BCUT2D eigenvalue weighted by Gasteiger charge is -2.39. The van der Waals surface area contributed by atoms with Gasteiger partial charge in [0.1, 0.15) is 11.3 Å². The van der Waals surface area contributed by atoms with Crippen molar-refractivity contribution in [2.24, 2.45) is 0 Å². The van der Waals surface area contributed by atoms with Gasteiger partial charge in [0.2, 0.25) is 6.29 Å². The molecule has 130 valence electrons. The SMILES string of the molecule is C=C(C)OC1OC2(CCN(Cc3ccccc3)CC2)c2cccnc21. The first-order valence-electron chi connectivity index (χ1n) is 8.88. The number of allylic oxidation sites excluding steroid dienone is 1. The van der Waals surface area contributed by atoms with Crippen molar-refractivity contribution in [2.45, 2.75) is 38.2 Å². The van der Waals surface area contributed by atoms with Gasteiger partial charge in [0.05, 0.1) is 5.76 Å². The molecule has 0 N–H and O–H groups in total. The molecular weight excluding hydrogens is 312 g/mol. The Labute approximate surface area is 149 Å². The van der Waals surface area contributed by atoms with Crippen LogP contribution in [0.1, 0.15) is 42.9 Å². The molecule has 0 amide bonds. The Kier molecular flexibility index (Phi) is 4.32. The van der Waals surface area contributed by atoms with E-state index in [-0.39, 0.29) is 5.60 Å². The van der Waals surface area contributed by atoms with E-state index in [9.17, 15) is 0 Å². The average Bonchev–Trinajstić information content (AvgIpc) is 2.91. The third kappa shape index (κ3) is 3.20. The van der Waals surface area contributed by atoms with Crippen LogP contribution >= 0.6 is 0 Å². The molecule has 0 bridgehead atoms. The van der Waals surface area contributed by atoms with Crippen molar-refractivity contribution < 1.29 is 9.47 Å². The highest BCUT2D eigenvalue weighted by Crippen LogP contribution is 2.49. The van der Waals surface area contributed by atoms with Gasteiger partial charge in [-0.15, -0.1) is 0 Å². The number of pyridine rings is 1. The van der Waals surface area contributed by atoms with E-state index >= 15 is 0 Å². The van der Waals surface area contributed by atoms with E-state index in [0.717, 1.165) is 38.2 Å². The third-order valence-electron chi connectivity index (χ3n) is 5.11. The van der Waals surface area contributed by atoms with E-state index in [1.54, 1.807) is 6.20 Å². The van der Waals surface area contributed by atoms with Gasteiger partial charge in [0.15, 0.2) is 0 Å². The van der Waals surface area contributed by atoms with Crippen molar-refractivity contribution in [2.75, 3.05) is 13.1 Å². The van der Waals surface area contributed by atoms with Crippen molar-refractivity contribution in [1.82, 2.24) is 9.88 Å². The smallest absolute Gasteiger partial charge is 0.244 e. The third-order valence-corrected chi connectivity index (χ3v) is 5.11. The highest BCUT2D eigenvalue weighted by molar-refractivity contribution is 5.33. The highest BCUT2D eigenvalue weighted by Gasteiger charge is 2.48. The van der Waals surface area contributed by atoms with E-state index < -0.39 is 6.29 Å². The number of likely N-dealkylation sites (tertiary alicyclic amines) is 1. The van der Waals surface area contributed by atoms with Gasteiger partial charge < -0.3 is 9.47 Å². The standard InChI is InChI=1S/C21H24N2O2/c1-16(2)24-20-19-18(9-6-12-22-19)21(25-20)10-13-23(14-11-21)15-17-7-4-3-5-8-17/h3-9,12,20H,1,10-11,13-15H2,2H3. The Morgan fingerprint density at radius 3 is 2.72 bits per heavy atom. The molecule has 4 rings (SSSR count). The summed E-state index contributed by atoms with van der Waals surface area (Å²) in [5.74, 6) is 0.653. The summed E-state index contributed by atoms with van der Waals surface area (Å²) in [7, 11) is 0. The van der Waals surface area contributed by atoms with Gasteiger partial charge in [-0.25, -0.2) is 0 Å². The maximum Gasteiger partial charge on any atom is 0.244 e. The first-order chi connectivity index (χ1) is 12.2. The van der Waals surface area contributed by atoms with Crippen molar-refractivity contribution >= 4 is 0 Å². The van der Waals surface area contributed by atoms with Gasteiger partial charge in [-0.1, -0.05) is 43.0 Å². The minimum atomic E-state index is -0.436. The maximum atomic E-state index is 6.40. The second kappa shape index (κ2) is 6.62. The molecule has 1 fully saturated rings. The number of benzene rings is 1. The first kappa shape index (κ1) is 16.3. The van der Waals surface area contributed by atoms with Crippen LogP contribution in [0, 0.1) is 0 Å². The summed E-state index contributed by atoms with van der Waals surface area (Å²) in [6.45, 7) is 8.69. The Hall–Kier alpha value is -2.17. The summed E-state index contributed by atoms with van der Waals surface area (Å²) in [4.78, 5) is 7.02. The molecule has 1 atom stereocenters. The predicted octanol–water partition coefficient (Wildman–Crippen LogP) is 4.15. The topological polar surface area (TPSA) is 34.6 Å². The fourth-order valence-corrected chi connectivity index (χ4v) is 3.88. The summed E-state index contributed by atoms with van der Waals surface area (Å²) < 4.78 is 12.2. The lowest BCUT2D eigenvalue weighted by Crippen LogP contribution is -2.42. The molecule has 0 radical (unpaired) electrons. The van der Waals surface area contributed by atoms with Crippen molar-refractivity contribution in [1.29, 1.82) is 0 Å². The number of hydrogen-bond donors (Lipinski definition) is 0. The van der Waals surface area contributed by atoms with Crippen LogP contribution in [0.5, 0.6) is 0 Å². The Morgan fingerprint density at radius 1 is 1.24 bits per heavy atom. The molecule has 3 heterocycles. The zero-order chi connectivity index (χ0) is 17.3. The number of rotatable bonds is 4. The fourth-order valence-electron chi connectivity index (χ4n) is 3.88. The van der Waals surface area contributed by atoms with Crippen LogP contribution in [-0.2, 0) is 21.6 Å². The highest BCUT2D eigenvalue weighted by atomic mass is 16.7. The van der Waals surface area contributed by atoms with Gasteiger partial charge in [-0.3, -0.25) is 9.88 Å². The largest absolute Gasteiger partial charge is 0.464 e. The second-order valence-electron chi connectivity index (χ2n) is 6.96. The molecule has 1 spiro atoms. The van der Waals surface area contributed by atoms with Gasteiger partial charge >= 0.3 is 0 Å². The molecule has 0 saturated carbocycles. The Morgan fingerprint density at radius 2 is 2.00 bits per heavy atom. The van der Waals surface area contributed by atoms with Gasteiger partial charge in [0.25, 0.3) is 0 Å². The number of hydrogen-bond acceptors (Lipinski definition) is 4. The average molecular weight is 336 g/mol. The monoisotopic (exact) mass is 336 g/mol. The molecule has 1 saturated heterocycles. The van der Waals surface area contributed by atoms with Crippen LogP contribution < -0.4 is 0 Å². The number of fused-ring (bicyclic) bond motifs is 2. The van der Waals surface area contributed by atoms with Crippen LogP contribution in [0.3, 0.4) is 0 Å². The summed E-state index contributed by atoms with van der Waals surface area (Å²) in [6.07, 6.45) is 3.28. The van der Waals surface area contributed by atoms with E-state index in [1.165, 1.54) is 11.1 Å². The van der Waals surface area contributed by atoms with Crippen LogP contribution in [0.2, 0.25) is 0 Å². The van der Waals surface area contributed by atoms with Crippen LogP contribution in [0.25, 0.3) is 0 Å². The summed E-state index contributed by atoms with van der Waals surface area (Å²) >= 11 is 0. The van der Waals surface area contributed by atoms with Crippen molar-refractivity contribution in [3.05, 3.63) is 77.8 Å². The first-order valence-corrected chi connectivity index (χ1v) is 8.88. The lowest BCUT2D eigenvalue weighted by atomic mass is 9.85. The number of piperidine rings is 1. The minimum absolute atomic E-state index is 0.281. The quantitative estimate of drug-likeness (QED) is 0.786. The number of nitrogens with zero attached hydrogens (tertiary/aromatic N) is 2. The van der Waals surface area contributed by atoms with E-state index in [4.69, 9.17) is 9.47 Å². The molecular formula is C21H24N2O2. The van der Waals surface area contributed by atoms with E-state index in [0.29, 0.717) is 5.76 Å². The van der Waals surface area contributed by atoms with Gasteiger partial charge in [-0.05, 0) is 31.4 Å². The lowest BCUT2D eigenvalue weighted by molar-refractivity contribution is -0.198. The van der Waals surface area contributed by atoms with E-state index in [2.05, 4.69) is 52.9 Å². The zero-order valence-electron chi connectivity index (χ0n) is 14.6. The summed E-state index contributed by atoms with van der Waals surface area (Å²) in [5, 5.41) is 0. The Bertz CT molecular complexity index is 752. The molecule has 2 aliphatic rings. The molecule has 25 heavy (non-hydrogen) atoms. The Balaban J connectivity index is 1.49. The zero-order valence-corrected chi connectivity index (χ0v) is 14.6. The van der Waals surface area contributed by atoms with Crippen LogP contribution in [0.15, 0.2) is 61.0 Å². The molecule has 2 aliphatic heterocycles. The van der Waals surface area contributed by atoms with Crippen LogP contribution in [-0.4, -0.2) is 23.0 Å².